The van der Waals surface area contributed by atoms with Gasteiger partial charge in [-0.1, -0.05) is 0 Å². The van der Waals surface area contributed by atoms with E-state index in [2.05, 4.69) is 4.98 Å². The lowest BCUT2D eigenvalue weighted by atomic mass is 10.7. The third-order valence-electron chi connectivity index (χ3n) is 1.39. The minimum absolute atomic E-state index is 1.75. The lowest BCUT2D eigenvalue weighted by molar-refractivity contribution is 0.913. The number of aromatic nitrogens is 3. The zero-order valence-corrected chi connectivity index (χ0v) is 7.38. The molecule has 2 aromatic rings. The van der Waals surface area contributed by atoms with Crippen molar-refractivity contribution in [2.45, 2.75) is 0 Å². The first kappa shape index (κ1) is 8.59. The Morgan fingerprint density at radius 2 is 1.58 bits per heavy atom. The van der Waals surface area contributed by atoms with Crippen LogP contribution in [0.2, 0.25) is 0 Å². The van der Waals surface area contributed by atoms with Crippen LogP contribution in [0.3, 0.4) is 0 Å². The maximum atomic E-state index is 3.78. The number of imidazole rings is 1. The molecular formula is C9H13N3. The van der Waals surface area contributed by atoms with Gasteiger partial charge in [-0.15, -0.1) is 0 Å². The van der Waals surface area contributed by atoms with E-state index in [9.17, 15) is 0 Å². The van der Waals surface area contributed by atoms with Crippen LogP contribution in [0, 0.1) is 0 Å². The summed E-state index contributed by atoms with van der Waals surface area (Å²) in [7, 11) is 3.94. The van der Waals surface area contributed by atoms with Crippen LogP contribution >= 0.6 is 0 Å². The molecule has 64 valence electrons. The van der Waals surface area contributed by atoms with Crippen molar-refractivity contribution in [1.82, 2.24) is 14.1 Å². The lowest BCUT2D eigenvalue weighted by Gasteiger charge is -1.79. The van der Waals surface area contributed by atoms with Gasteiger partial charge in [0.15, 0.2) is 0 Å². The molecule has 12 heavy (non-hydrogen) atoms. The molecule has 0 amide bonds. The van der Waals surface area contributed by atoms with Crippen molar-refractivity contribution in [1.29, 1.82) is 0 Å². The van der Waals surface area contributed by atoms with Crippen molar-refractivity contribution >= 4 is 0 Å². The van der Waals surface area contributed by atoms with Crippen LogP contribution in [0.15, 0.2) is 43.2 Å². The molecule has 0 atom stereocenters. The highest BCUT2D eigenvalue weighted by molar-refractivity contribution is 4.88. The zero-order valence-electron chi connectivity index (χ0n) is 7.38. The lowest BCUT2D eigenvalue weighted by Crippen LogP contribution is -1.76. The molecule has 0 bridgehead atoms. The second-order valence-corrected chi connectivity index (χ2v) is 2.58. The summed E-state index contributed by atoms with van der Waals surface area (Å²) in [5, 5.41) is 0. The van der Waals surface area contributed by atoms with Gasteiger partial charge in [-0.3, -0.25) is 0 Å². The van der Waals surface area contributed by atoms with E-state index in [1.807, 2.05) is 54.0 Å². The standard InChI is InChI=1S/C5H7N.C4H6N2/c1-6-4-2-3-5-6;1-6-3-2-5-4-6/h2-5H,1H3;2-4H,1H3. The summed E-state index contributed by atoms with van der Waals surface area (Å²) in [4.78, 5) is 3.78. The minimum atomic E-state index is 1.75. The van der Waals surface area contributed by atoms with Gasteiger partial charge >= 0.3 is 0 Å². The molecule has 3 heteroatoms. The number of rotatable bonds is 0. The Morgan fingerprint density at radius 1 is 0.917 bits per heavy atom. The van der Waals surface area contributed by atoms with Gasteiger partial charge < -0.3 is 9.13 Å². The van der Waals surface area contributed by atoms with Crippen LogP contribution in [0.5, 0.6) is 0 Å². The Bertz CT molecular complexity index is 249. The molecule has 0 fully saturated rings. The molecule has 0 spiro atoms. The van der Waals surface area contributed by atoms with E-state index in [0.29, 0.717) is 0 Å². The topological polar surface area (TPSA) is 22.8 Å². The van der Waals surface area contributed by atoms with Gasteiger partial charge in [0.1, 0.15) is 0 Å². The van der Waals surface area contributed by atoms with Gasteiger partial charge in [-0.25, -0.2) is 4.98 Å². The van der Waals surface area contributed by atoms with Gasteiger partial charge in [-0.05, 0) is 12.1 Å². The van der Waals surface area contributed by atoms with Crippen LogP contribution in [-0.4, -0.2) is 14.1 Å². The second-order valence-electron chi connectivity index (χ2n) is 2.58. The van der Waals surface area contributed by atoms with Gasteiger partial charge in [0.2, 0.25) is 0 Å². The van der Waals surface area contributed by atoms with E-state index in [0.717, 1.165) is 0 Å². The SMILES string of the molecule is Cn1cccc1.Cn1ccnc1. The summed E-state index contributed by atoms with van der Waals surface area (Å²) in [5.74, 6) is 0. The summed E-state index contributed by atoms with van der Waals surface area (Å²) in [6.07, 6.45) is 9.39. The number of hydrogen-bond donors (Lipinski definition) is 0. The Labute approximate surface area is 72.3 Å². The molecule has 2 rings (SSSR count). The molecule has 2 heterocycles. The smallest absolute Gasteiger partial charge is 0.0943 e. The van der Waals surface area contributed by atoms with Gasteiger partial charge in [0.25, 0.3) is 0 Å². The van der Waals surface area contributed by atoms with Crippen molar-refractivity contribution in [2.75, 3.05) is 0 Å². The normalized spacial score (nSPS) is 8.83. The molecule has 0 aliphatic rings. The average molecular weight is 163 g/mol. The van der Waals surface area contributed by atoms with Crippen molar-refractivity contribution in [3.8, 4) is 0 Å². The fraction of sp³-hybridized carbons (Fsp3) is 0.222. The van der Waals surface area contributed by atoms with Crippen LogP contribution in [0.1, 0.15) is 0 Å². The predicted molar refractivity (Wildman–Crippen MR) is 48.6 cm³/mol. The van der Waals surface area contributed by atoms with Crippen molar-refractivity contribution < 1.29 is 0 Å². The first-order valence-electron chi connectivity index (χ1n) is 3.78. The summed E-state index contributed by atoms with van der Waals surface area (Å²) in [5.41, 5.74) is 0. The molecular weight excluding hydrogens is 150 g/mol. The average Bonchev–Trinajstić information content (AvgIpc) is 2.63. The molecule has 0 saturated carbocycles. The van der Waals surface area contributed by atoms with E-state index in [4.69, 9.17) is 0 Å². The largest absolute Gasteiger partial charge is 0.357 e. The molecule has 0 aromatic carbocycles. The molecule has 0 N–H and O–H groups in total. The maximum absolute atomic E-state index is 3.78. The highest BCUT2D eigenvalue weighted by Crippen LogP contribution is 1.80. The molecule has 0 saturated heterocycles. The van der Waals surface area contributed by atoms with Crippen LogP contribution in [0.4, 0.5) is 0 Å². The maximum Gasteiger partial charge on any atom is 0.0943 e. The van der Waals surface area contributed by atoms with Crippen LogP contribution < -0.4 is 0 Å². The van der Waals surface area contributed by atoms with E-state index in [-0.39, 0.29) is 0 Å². The third-order valence-corrected chi connectivity index (χ3v) is 1.39. The fourth-order valence-corrected chi connectivity index (χ4v) is 0.746. The zero-order chi connectivity index (χ0) is 8.81. The molecule has 0 aliphatic carbocycles. The molecule has 0 aliphatic heterocycles. The van der Waals surface area contributed by atoms with Gasteiger partial charge in [-0.2, -0.15) is 0 Å². The first-order chi connectivity index (χ1) is 5.79. The number of hydrogen-bond acceptors (Lipinski definition) is 1. The van der Waals surface area contributed by atoms with E-state index >= 15 is 0 Å². The first-order valence-corrected chi connectivity index (χ1v) is 3.78. The molecule has 0 unspecified atom stereocenters. The van der Waals surface area contributed by atoms with Crippen molar-refractivity contribution in [3.05, 3.63) is 43.2 Å². The number of nitrogens with zero attached hydrogens (tertiary/aromatic N) is 3. The minimum Gasteiger partial charge on any atom is -0.357 e. The Hall–Kier alpha value is -1.51. The van der Waals surface area contributed by atoms with Crippen LogP contribution in [0.25, 0.3) is 0 Å². The molecule has 0 radical (unpaired) electrons. The highest BCUT2D eigenvalue weighted by Gasteiger charge is 1.69. The second kappa shape index (κ2) is 4.38. The Kier molecular flexibility index (Phi) is 3.14. The number of aryl methyl sites for hydroxylation is 2. The summed E-state index contributed by atoms with van der Waals surface area (Å²) < 4.78 is 3.89. The quantitative estimate of drug-likeness (QED) is 0.576. The molecule has 2 aromatic heterocycles. The van der Waals surface area contributed by atoms with E-state index in [1.165, 1.54) is 0 Å². The van der Waals surface area contributed by atoms with E-state index < -0.39 is 0 Å². The molecule has 3 nitrogen and oxygen atoms in total. The van der Waals surface area contributed by atoms with Crippen LogP contribution in [-0.2, 0) is 14.1 Å². The predicted octanol–water partition coefficient (Wildman–Crippen LogP) is 1.45. The fourth-order valence-electron chi connectivity index (χ4n) is 0.746. The summed E-state index contributed by atoms with van der Waals surface area (Å²) >= 11 is 0. The van der Waals surface area contributed by atoms with E-state index in [1.54, 1.807) is 12.5 Å². The summed E-state index contributed by atoms with van der Waals surface area (Å²) in [6.45, 7) is 0. The van der Waals surface area contributed by atoms with Gasteiger partial charge in [0.05, 0.1) is 6.33 Å². The highest BCUT2D eigenvalue weighted by atomic mass is 15.0. The Morgan fingerprint density at radius 3 is 1.75 bits per heavy atom. The summed E-state index contributed by atoms with van der Waals surface area (Å²) in [6, 6.07) is 4.00. The van der Waals surface area contributed by atoms with Gasteiger partial charge in [0, 0.05) is 38.9 Å². The third kappa shape index (κ3) is 3.05. The monoisotopic (exact) mass is 163 g/mol. The van der Waals surface area contributed by atoms with Crippen molar-refractivity contribution in [2.24, 2.45) is 14.1 Å². The Balaban J connectivity index is 0.000000120. The van der Waals surface area contributed by atoms with Crippen molar-refractivity contribution in [3.63, 3.8) is 0 Å².